The van der Waals surface area contributed by atoms with E-state index >= 15 is 0 Å². The summed E-state index contributed by atoms with van der Waals surface area (Å²) in [5, 5.41) is 10.5. The highest BCUT2D eigenvalue weighted by molar-refractivity contribution is 5.36. The molecule has 17 heavy (non-hydrogen) atoms. The van der Waals surface area contributed by atoms with Crippen molar-refractivity contribution in [2.45, 2.75) is 12.7 Å². The van der Waals surface area contributed by atoms with Gasteiger partial charge in [-0.05, 0) is 12.1 Å². The molecule has 0 spiro atoms. The first-order valence-electron chi connectivity index (χ1n) is 5.24. The molecule has 0 amide bonds. The van der Waals surface area contributed by atoms with Crippen molar-refractivity contribution in [2.24, 2.45) is 0 Å². The number of nitrogens with zero attached hydrogens (tertiary/aromatic N) is 1. The van der Waals surface area contributed by atoms with Crippen LogP contribution in [0.5, 0.6) is 5.75 Å². The van der Waals surface area contributed by atoms with Crippen LogP contribution in [0, 0.1) is 10.1 Å². The van der Waals surface area contributed by atoms with E-state index in [2.05, 4.69) is 0 Å². The van der Waals surface area contributed by atoms with Crippen LogP contribution in [0.1, 0.15) is 6.92 Å². The third-order valence-corrected chi connectivity index (χ3v) is 2.38. The molecule has 1 atom stereocenters. The lowest BCUT2D eigenvalue weighted by Gasteiger charge is -2.33. The Morgan fingerprint density at radius 1 is 1.35 bits per heavy atom. The molecule has 1 aromatic carbocycles. The lowest BCUT2D eigenvalue weighted by Crippen LogP contribution is -2.45. The smallest absolute Gasteiger partial charge is 0.269 e. The summed E-state index contributed by atoms with van der Waals surface area (Å²) < 4.78 is 16.3. The summed E-state index contributed by atoms with van der Waals surface area (Å²) in [6.45, 7) is 3.14. The van der Waals surface area contributed by atoms with E-state index in [-0.39, 0.29) is 5.69 Å². The van der Waals surface area contributed by atoms with Crippen molar-refractivity contribution in [2.75, 3.05) is 19.8 Å². The van der Waals surface area contributed by atoms with Gasteiger partial charge in [0.25, 0.3) is 5.69 Å². The van der Waals surface area contributed by atoms with E-state index in [0.29, 0.717) is 25.6 Å². The van der Waals surface area contributed by atoms with Crippen molar-refractivity contribution in [3.8, 4) is 5.75 Å². The number of nitro benzene ring substituents is 1. The average Bonchev–Trinajstić information content (AvgIpc) is 2.30. The number of non-ortho nitro benzene ring substituents is 1. The molecule has 0 radical (unpaired) electrons. The van der Waals surface area contributed by atoms with Crippen LogP contribution in [0.3, 0.4) is 0 Å². The maximum atomic E-state index is 10.5. The van der Waals surface area contributed by atoms with Crippen LogP contribution >= 0.6 is 0 Å². The lowest BCUT2D eigenvalue weighted by atomic mass is 10.3. The van der Waals surface area contributed by atoms with Crippen LogP contribution in [0.25, 0.3) is 0 Å². The highest BCUT2D eigenvalue weighted by Crippen LogP contribution is 2.24. The van der Waals surface area contributed by atoms with E-state index in [9.17, 15) is 10.1 Å². The predicted octanol–water partition coefficient (Wildman–Crippen LogP) is 1.74. The van der Waals surface area contributed by atoms with Gasteiger partial charge in [0.2, 0.25) is 5.79 Å². The molecule has 2 rings (SSSR count). The van der Waals surface area contributed by atoms with Crippen LogP contribution in [0.4, 0.5) is 5.69 Å². The topological polar surface area (TPSA) is 70.8 Å². The molecule has 1 saturated heterocycles. The molecule has 1 aromatic rings. The van der Waals surface area contributed by atoms with E-state index in [1.807, 2.05) is 0 Å². The number of ether oxygens (including phenoxy) is 3. The van der Waals surface area contributed by atoms with Gasteiger partial charge in [-0.2, -0.15) is 0 Å². The third-order valence-electron chi connectivity index (χ3n) is 2.38. The average molecular weight is 239 g/mol. The molecule has 0 aliphatic carbocycles. The molecular weight excluding hydrogens is 226 g/mol. The Labute approximate surface area is 98.2 Å². The number of nitro groups is 1. The molecule has 1 fully saturated rings. The van der Waals surface area contributed by atoms with Gasteiger partial charge in [0.15, 0.2) is 0 Å². The number of benzene rings is 1. The zero-order valence-corrected chi connectivity index (χ0v) is 9.42. The van der Waals surface area contributed by atoms with Crippen LogP contribution in [-0.2, 0) is 9.47 Å². The summed E-state index contributed by atoms with van der Waals surface area (Å²) in [6, 6.07) is 5.87. The van der Waals surface area contributed by atoms with Gasteiger partial charge < -0.3 is 14.2 Å². The van der Waals surface area contributed by atoms with Crippen molar-refractivity contribution >= 4 is 5.69 Å². The molecule has 6 nitrogen and oxygen atoms in total. The first-order chi connectivity index (χ1) is 8.09. The summed E-state index contributed by atoms with van der Waals surface area (Å²) in [6.07, 6.45) is 0. The summed E-state index contributed by atoms with van der Waals surface area (Å²) in [7, 11) is 0. The second-order valence-corrected chi connectivity index (χ2v) is 3.89. The Balaban J connectivity index is 2.05. The van der Waals surface area contributed by atoms with Gasteiger partial charge in [0, 0.05) is 19.1 Å². The summed E-state index contributed by atoms with van der Waals surface area (Å²) in [5.41, 5.74) is 0.0308. The molecule has 0 aromatic heterocycles. The van der Waals surface area contributed by atoms with Gasteiger partial charge in [-0.3, -0.25) is 10.1 Å². The molecular formula is C11H13NO5. The van der Waals surface area contributed by atoms with Crippen LogP contribution in [0.2, 0.25) is 0 Å². The largest absolute Gasteiger partial charge is 0.460 e. The van der Waals surface area contributed by atoms with Gasteiger partial charge in [0.05, 0.1) is 18.1 Å². The molecule has 92 valence electrons. The Bertz CT molecular complexity index is 397. The minimum absolute atomic E-state index is 0.0308. The fraction of sp³-hybridized carbons (Fsp3) is 0.455. The van der Waals surface area contributed by atoms with E-state index in [0.717, 1.165) is 0 Å². The highest BCUT2D eigenvalue weighted by Gasteiger charge is 2.31. The van der Waals surface area contributed by atoms with Crippen molar-refractivity contribution in [1.82, 2.24) is 0 Å². The molecule has 1 aliphatic heterocycles. The molecule has 1 aliphatic rings. The zero-order chi connectivity index (χ0) is 12.3. The van der Waals surface area contributed by atoms with Crippen molar-refractivity contribution in [3.63, 3.8) is 0 Å². The van der Waals surface area contributed by atoms with Gasteiger partial charge in [-0.1, -0.05) is 0 Å². The maximum absolute atomic E-state index is 10.5. The molecule has 0 bridgehead atoms. The van der Waals surface area contributed by atoms with E-state index in [1.54, 1.807) is 19.1 Å². The predicted molar refractivity (Wildman–Crippen MR) is 58.9 cm³/mol. The zero-order valence-electron chi connectivity index (χ0n) is 9.42. The number of hydrogen-bond donors (Lipinski definition) is 0. The van der Waals surface area contributed by atoms with Crippen molar-refractivity contribution in [3.05, 3.63) is 34.4 Å². The van der Waals surface area contributed by atoms with E-state index in [4.69, 9.17) is 14.2 Å². The van der Waals surface area contributed by atoms with Crippen LogP contribution in [0.15, 0.2) is 24.3 Å². The number of hydrogen-bond acceptors (Lipinski definition) is 5. The quantitative estimate of drug-likeness (QED) is 0.593. The first-order valence-corrected chi connectivity index (χ1v) is 5.24. The molecule has 0 N–H and O–H groups in total. The fourth-order valence-electron chi connectivity index (χ4n) is 1.56. The molecule has 6 heteroatoms. The van der Waals surface area contributed by atoms with Crippen LogP contribution < -0.4 is 4.74 Å². The summed E-state index contributed by atoms with van der Waals surface area (Å²) >= 11 is 0. The van der Waals surface area contributed by atoms with Crippen LogP contribution in [-0.4, -0.2) is 30.5 Å². The molecule has 1 heterocycles. The van der Waals surface area contributed by atoms with Gasteiger partial charge in [0.1, 0.15) is 12.4 Å². The minimum atomic E-state index is -0.825. The highest BCUT2D eigenvalue weighted by atomic mass is 16.7. The Kier molecular flexibility index (Phi) is 3.26. The normalized spacial score (nSPS) is 24.3. The summed E-state index contributed by atoms with van der Waals surface area (Å²) in [5.74, 6) is -0.308. The van der Waals surface area contributed by atoms with E-state index < -0.39 is 10.7 Å². The fourth-order valence-corrected chi connectivity index (χ4v) is 1.56. The first kappa shape index (κ1) is 11.8. The maximum Gasteiger partial charge on any atom is 0.269 e. The van der Waals surface area contributed by atoms with Gasteiger partial charge in [-0.15, -0.1) is 0 Å². The Hall–Kier alpha value is -1.66. The lowest BCUT2D eigenvalue weighted by molar-refractivity contribution is -0.384. The van der Waals surface area contributed by atoms with Crippen molar-refractivity contribution < 1.29 is 19.1 Å². The molecule has 1 unspecified atom stereocenters. The van der Waals surface area contributed by atoms with Gasteiger partial charge >= 0.3 is 0 Å². The number of rotatable bonds is 3. The SMILES string of the molecule is CC1(Oc2ccc([N+](=O)[O-])cc2)COCCO1. The second-order valence-electron chi connectivity index (χ2n) is 3.89. The second kappa shape index (κ2) is 4.68. The van der Waals surface area contributed by atoms with E-state index in [1.165, 1.54) is 12.1 Å². The Morgan fingerprint density at radius 2 is 2.06 bits per heavy atom. The monoisotopic (exact) mass is 239 g/mol. The Morgan fingerprint density at radius 3 is 2.59 bits per heavy atom. The van der Waals surface area contributed by atoms with Gasteiger partial charge in [-0.25, -0.2) is 0 Å². The third kappa shape index (κ3) is 2.92. The standard InChI is InChI=1S/C11H13NO5/c1-11(8-15-6-7-16-11)17-10-4-2-9(3-5-10)12(13)14/h2-5H,6-8H2,1H3. The molecule has 0 saturated carbocycles. The summed E-state index contributed by atoms with van der Waals surface area (Å²) in [4.78, 5) is 10.0. The minimum Gasteiger partial charge on any atom is -0.460 e. The van der Waals surface area contributed by atoms with Crippen molar-refractivity contribution in [1.29, 1.82) is 0 Å².